The summed E-state index contributed by atoms with van der Waals surface area (Å²) in [5.41, 5.74) is 1.94. The Morgan fingerprint density at radius 2 is 1.69 bits per heavy atom. The fourth-order valence-electron chi connectivity index (χ4n) is 4.25. The third-order valence-corrected chi connectivity index (χ3v) is 6.52. The summed E-state index contributed by atoms with van der Waals surface area (Å²) in [4.78, 5) is 26.4. The van der Waals surface area contributed by atoms with Gasteiger partial charge in [-0.2, -0.15) is 0 Å². The van der Waals surface area contributed by atoms with Gasteiger partial charge in [0.2, 0.25) is 0 Å². The Hall–Kier alpha value is -3.36. The number of fused-ring (bicyclic) bond motifs is 1. The first-order valence-corrected chi connectivity index (χ1v) is 12.6. The van der Waals surface area contributed by atoms with Crippen molar-refractivity contribution < 1.29 is 28.9 Å². The van der Waals surface area contributed by atoms with Gasteiger partial charge >= 0.3 is 12.1 Å². The van der Waals surface area contributed by atoms with Crippen LogP contribution in [0.15, 0.2) is 77.3 Å². The van der Waals surface area contributed by atoms with E-state index >= 15 is 0 Å². The molecule has 1 atom stereocenters. The summed E-state index contributed by atoms with van der Waals surface area (Å²) >= 11 is 3.42. The predicted octanol–water partition coefficient (Wildman–Crippen LogP) is 5.59. The summed E-state index contributed by atoms with van der Waals surface area (Å²) in [5.74, 6) is 0.174. The number of ether oxygens (including phenoxy) is 3. The largest absolute Gasteiger partial charge is 0.482 e. The van der Waals surface area contributed by atoms with Crippen LogP contribution in [0.1, 0.15) is 24.5 Å². The van der Waals surface area contributed by atoms with Crippen LogP contribution in [-0.2, 0) is 27.1 Å². The molecule has 0 fully saturated rings. The number of benzene rings is 3. The zero-order valence-corrected chi connectivity index (χ0v) is 21.6. The van der Waals surface area contributed by atoms with Crippen LogP contribution in [0.25, 0.3) is 0 Å². The van der Waals surface area contributed by atoms with Crippen LogP contribution in [0.5, 0.6) is 5.75 Å². The fourth-order valence-corrected chi connectivity index (χ4v) is 4.51. The minimum absolute atomic E-state index is 0.154. The van der Waals surface area contributed by atoms with E-state index in [2.05, 4.69) is 15.9 Å². The highest BCUT2D eigenvalue weighted by Crippen LogP contribution is 2.35. The highest BCUT2D eigenvalue weighted by Gasteiger charge is 2.35. The first-order valence-electron chi connectivity index (χ1n) is 11.8. The van der Waals surface area contributed by atoms with E-state index < -0.39 is 17.7 Å². The topological polar surface area (TPSA) is 85.3 Å². The smallest absolute Gasteiger partial charge is 0.419 e. The van der Waals surface area contributed by atoms with E-state index in [-0.39, 0.29) is 13.2 Å². The first kappa shape index (κ1) is 25.7. The number of carbonyl (C=O) groups excluding carboxylic acids is 2. The third-order valence-electron chi connectivity index (χ3n) is 5.99. The second-order valence-corrected chi connectivity index (χ2v) is 9.51. The Bertz CT molecular complexity index is 1200. The summed E-state index contributed by atoms with van der Waals surface area (Å²) in [5, 5.41) is 11.3. The molecule has 7 nitrogen and oxygen atoms in total. The highest BCUT2D eigenvalue weighted by atomic mass is 79.9. The molecule has 0 bridgehead atoms. The van der Waals surface area contributed by atoms with Crippen molar-refractivity contribution in [3.63, 3.8) is 0 Å². The van der Waals surface area contributed by atoms with Crippen LogP contribution in [0, 0.1) is 0 Å². The van der Waals surface area contributed by atoms with Crippen molar-refractivity contribution in [2.24, 2.45) is 0 Å². The maximum atomic E-state index is 13.2. The maximum Gasteiger partial charge on any atom is 0.419 e. The van der Waals surface area contributed by atoms with Crippen molar-refractivity contribution >= 4 is 39.4 Å². The van der Waals surface area contributed by atoms with E-state index in [1.165, 1.54) is 4.90 Å². The Morgan fingerprint density at radius 3 is 2.42 bits per heavy atom. The molecular weight excluding hydrogens is 526 g/mol. The highest BCUT2D eigenvalue weighted by molar-refractivity contribution is 9.10. The summed E-state index contributed by atoms with van der Waals surface area (Å²) in [6.07, 6.45) is 0.638. The van der Waals surface area contributed by atoms with E-state index in [4.69, 9.17) is 14.2 Å². The number of aliphatic hydroxyl groups is 1. The Labute approximate surface area is 218 Å². The molecule has 4 rings (SSSR count). The molecule has 0 aliphatic heterocycles. The number of nitrogens with zero attached hydrogens (tertiary/aromatic N) is 1. The van der Waals surface area contributed by atoms with Gasteiger partial charge in [-0.15, -0.1) is 0 Å². The van der Waals surface area contributed by atoms with Gasteiger partial charge in [0.1, 0.15) is 18.0 Å². The van der Waals surface area contributed by atoms with Gasteiger partial charge in [-0.05, 0) is 73.4 Å². The number of hydrogen-bond donors (Lipinski definition) is 1. The molecule has 188 valence electrons. The number of esters is 1. The lowest BCUT2D eigenvalue weighted by Gasteiger charge is -2.34. The minimum Gasteiger partial charge on any atom is -0.482 e. The average Bonchev–Trinajstić information content (AvgIpc) is 2.88. The molecular formula is C28H28BrNO6. The van der Waals surface area contributed by atoms with E-state index in [1.54, 1.807) is 13.0 Å². The zero-order chi connectivity index (χ0) is 25.5. The van der Waals surface area contributed by atoms with Crippen molar-refractivity contribution in [2.75, 3.05) is 24.7 Å². The van der Waals surface area contributed by atoms with Crippen molar-refractivity contribution in [1.29, 1.82) is 0 Å². The van der Waals surface area contributed by atoms with Gasteiger partial charge in [-0.25, -0.2) is 14.5 Å². The van der Waals surface area contributed by atoms with Crippen LogP contribution in [0.3, 0.4) is 0 Å². The summed E-state index contributed by atoms with van der Waals surface area (Å²) in [7, 11) is 0. The molecule has 1 aliphatic carbocycles. The lowest BCUT2D eigenvalue weighted by Crippen LogP contribution is -2.42. The number of anilines is 2. The fraction of sp³-hybridized carbons (Fsp3) is 0.286. The van der Waals surface area contributed by atoms with Crippen LogP contribution >= 0.6 is 15.9 Å². The molecule has 1 N–H and O–H groups in total. The molecule has 8 heteroatoms. The molecule has 0 radical (unpaired) electrons. The molecule has 0 aromatic heterocycles. The summed E-state index contributed by atoms with van der Waals surface area (Å²) < 4.78 is 17.2. The molecule has 0 unspecified atom stereocenters. The molecule has 0 saturated carbocycles. The second kappa shape index (κ2) is 11.6. The van der Waals surface area contributed by atoms with E-state index in [1.807, 2.05) is 66.7 Å². The van der Waals surface area contributed by atoms with E-state index in [0.717, 1.165) is 15.6 Å². The van der Waals surface area contributed by atoms with Crippen LogP contribution in [0.4, 0.5) is 16.2 Å². The number of halogens is 1. The van der Waals surface area contributed by atoms with Crippen LogP contribution in [-0.4, -0.2) is 42.6 Å². The molecule has 36 heavy (non-hydrogen) atoms. The Morgan fingerprint density at radius 1 is 0.972 bits per heavy atom. The van der Waals surface area contributed by atoms with E-state index in [9.17, 15) is 14.7 Å². The number of para-hydroxylation sites is 1. The summed E-state index contributed by atoms with van der Waals surface area (Å²) in [6, 6.07) is 22.1. The molecule has 0 spiro atoms. The second-order valence-electron chi connectivity index (χ2n) is 8.59. The molecule has 1 aliphatic rings. The minimum atomic E-state index is -1.22. The zero-order valence-electron chi connectivity index (χ0n) is 20.0. The summed E-state index contributed by atoms with van der Waals surface area (Å²) in [6.45, 7) is 1.72. The van der Waals surface area contributed by atoms with E-state index in [0.29, 0.717) is 43.0 Å². The van der Waals surface area contributed by atoms with Gasteiger partial charge in [0.25, 0.3) is 0 Å². The average molecular weight is 554 g/mol. The number of rotatable bonds is 8. The SMILES string of the molecule is CCOC(=O)COc1cccc2c1CC[C@](O)(COC(=O)N(c1ccccc1)c1ccc(Br)cc1)C2. The van der Waals surface area contributed by atoms with Gasteiger partial charge in [-0.1, -0.05) is 46.3 Å². The molecule has 0 saturated heterocycles. The van der Waals surface area contributed by atoms with Gasteiger partial charge < -0.3 is 19.3 Å². The Balaban J connectivity index is 1.45. The van der Waals surface area contributed by atoms with Gasteiger partial charge in [0.05, 0.1) is 18.0 Å². The van der Waals surface area contributed by atoms with Gasteiger partial charge in [0.15, 0.2) is 6.61 Å². The van der Waals surface area contributed by atoms with Crippen molar-refractivity contribution in [2.45, 2.75) is 31.8 Å². The quantitative estimate of drug-likeness (QED) is 0.366. The normalized spacial score (nSPS) is 16.5. The first-order chi connectivity index (χ1) is 17.4. The molecule has 3 aromatic rings. The number of hydrogen-bond acceptors (Lipinski definition) is 6. The van der Waals surface area contributed by atoms with Crippen molar-refractivity contribution in [1.82, 2.24) is 0 Å². The van der Waals surface area contributed by atoms with Crippen molar-refractivity contribution in [3.8, 4) is 5.75 Å². The van der Waals surface area contributed by atoms with Crippen LogP contribution < -0.4 is 9.64 Å². The van der Waals surface area contributed by atoms with Crippen LogP contribution in [0.2, 0.25) is 0 Å². The molecule has 1 amide bonds. The van der Waals surface area contributed by atoms with Crippen molar-refractivity contribution in [3.05, 3.63) is 88.4 Å². The monoisotopic (exact) mass is 553 g/mol. The number of amides is 1. The predicted molar refractivity (Wildman–Crippen MR) is 140 cm³/mol. The Kier molecular flexibility index (Phi) is 8.28. The lowest BCUT2D eigenvalue weighted by molar-refractivity contribution is -0.145. The lowest BCUT2D eigenvalue weighted by atomic mass is 9.80. The van der Waals surface area contributed by atoms with Gasteiger partial charge in [-0.3, -0.25) is 0 Å². The van der Waals surface area contributed by atoms with Gasteiger partial charge in [0, 0.05) is 10.9 Å². The standard InChI is InChI=1S/C28H28BrNO6/c1-2-34-26(31)18-35-25-10-6-7-20-17-28(33,16-15-24(20)25)19-36-27(32)30(22-8-4-3-5-9-22)23-13-11-21(29)12-14-23/h3-14,33H,2,15-19H2,1H3/t28-/m1/s1. The number of carbonyl (C=O) groups is 2. The molecule has 3 aromatic carbocycles. The maximum absolute atomic E-state index is 13.2. The molecule has 0 heterocycles. The third kappa shape index (κ3) is 6.25.